The lowest BCUT2D eigenvalue weighted by molar-refractivity contribution is -0.575. The number of carbonyl (C=O) groups is 1. The van der Waals surface area contributed by atoms with Gasteiger partial charge in [0, 0.05) is 19.0 Å². The van der Waals surface area contributed by atoms with Gasteiger partial charge in [-0.15, -0.1) is 0 Å². The third kappa shape index (κ3) is 4.48. The van der Waals surface area contributed by atoms with E-state index in [9.17, 15) is 10.0 Å². The second-order valence-corrected chi connectivity index (χ2v) is 7.97. The van der Waals surface area contributed by atoms with E-state index in [4.69, 9.17) is 9.47 Å². The maximum absolute atomic E-state index is 12.4. The summed E-state index contributed by atoms with van der Waals surface area (Å²) in [6, 6.07) is 7.31. The fourth-order valence-corrected chi connectivity index (χ4v) is 3.60. The first-order chi connectivity index (χ1) is 14.3. The maximum atomic E-state index is 12.4. The molecule has 8 heteroatoms. The Bertz CT molecular complexity index is 1040. The summed E-state index contributed by atoms with van der Waals surface area (Å²) in [5.41, 5.74) is 1.56. The molecule has 3 aromatic rings. The Morgan fingerprint density at radius 2 is 2.10 bits per heavy atom. The lowest BCUT2D eigenvalue weighted by Crippen LogP contribution is -2.37. The third-order valence-corrected chi connectivity index (χ3v) is 4.67. The molecular weight excluding hydrogens is 384 g/mol. The van der Waals surface area contributed by atoms with E-state index in [2.05, 4.69) is 14.9 Å². The molecule has 1 aliphatic rings. The second kappa shape index (κ2) is 8.87. The van der Waals surface area contributed by atoms with Gasteiger partial charge in [-0.25, -0.2) is 9.78 Å². The van der Waals surface area contributed by atoms with Gasteiger partial charge in [0.2, 0.25) is 11.7 Å². The highest BCUT2D eigenvalue weighted by atomic mass is 16.6. The first-order valence-corrected chi connectivity index (χ1v) is 10.4. The standard InChI is InChI=1S/C20H24N4O4.C2H6/c1-20(2,3)28-19(25)21-10-13-12-27-9-8-17-22-15-11-23(26)16-7-5-4-6-14(16)18(15)24(13)17;1-2/h4-7,11,13H,8-10,12H2,1-3H3,(H,21,25);1-2H3/t13-;/m0./s1. The van der Waals surface area contributed by atoms with Crippen molar-refractivity contribution in [1.82, 2.24) is 14.9 Å². The molecule has 0 unspecified atom stereocenters. The fourth-order valence-electron chi connectivity index (χ4n) is 3.60. The minimum atomic E-state index is -0.561. The molecule has 8 nitrogen and oxygen atoms in total. The number of nitrogens with zero attached hydrogens (tertiary/aromatic N) is 3. The van der Waals surface area contributed by atoms with Crippen LogP contribution in [0.1, 0.15) is 46.5 Å². The molecule has 0 aliphatic carbocycles. The van der Waals surface area contributed by atoms with Crippen LogP contribution in [0.4, 0.5) is 4.79 Å². The number of amides is 1. The van der Waals surface area contributed by atoms with Crippen LogP contribution < -0.4 is 10.0 Å². The lowest BCUT2D eigenvalue weighted by atomic mass is 10.1. The maximum Gasteiger partial charge on any atom is 0.407 e. The summed E-state index contributed by atoms with van der Waals surface area (Å²) in [6.07, 6.45) is 1.69. The topological polar surface area (TPSA) is 92.3 Å². The van der Waals surface area contributed by atoms with E-state index >= 15 is 0 Å². The summed E-state index contributed by atoms with van der Waals surface area (Å²) >= 11 is 0. The Morgan fingerprint density at radius 1 is 1.37 bits per heavy atom. The average Bonchev–Trinajstić information content (AvgIpc) is 2.94. The molecule has 0 bridgehead atoms. The molecule has 1 amide bonds. The van der Waals surface area contributed by atoms with E-state index in [0.29, 0.717) is 37.2 Å². The van der Waals surface area contributed by atoms with E-state index in [1.165, 1.54) is 6.20 Å². The van der Waals surface area contributed by atoms with Crippen molar-refractivity contribution in [3.05, 3.63) is 41.5 Å². The van der Waals surface area contributed by atoms with Crippen molar-refractivity contribution in [3.8, 4) is 0 Å². The van der Waals surface area contributed by atoms with E-state index < -0.39 is 11.7 Å². The molecule has 1 atom stereocenters. The first kappa shape index (κ1) is 21.8. The predicted molar refractivity (Wildman–Crippen MR) is 115 cm³/mol. The molecule has 3 heterocycles. The zero-order valence-corrected chi connectivity index (χ0v) is 18.3. The summed E-state index contributed by atoms with van der Waals surface area (Å²) < 4.78 is 14.0. The molecule has 0 radical (unpaired) electrons. The summed E-state index contributed by atoms with van der Waals surface area (Å²) in [5, 5.41) is 16.0. The van der Waals surface area contributed by atoms with Crippen LogP contribution in [0.15, 0.2) is 30.5 Å². The minimum absolute atomic E-state index is 0.152. The molecule has 1 aliphatic heterocycles. The Balaban J connectivity index is 0.00000124. The van der Waals surface area contributed by atoms with Gasteiger partial charge in [-0.2, -0.15) is 4.73 Å². The summed E-state index contributed by atoms with van der Waals surface area (Å²) in [4.78, 5) is 16.8. The molecule has 2 aromatic heterocycles. The van der Waals surface area contributed by atoms with Crippen LogP contribution in [-0.4, -0.2) is 41.0 Å². The highest BCUT2D eigenvalue weighted by Crippen LogP contribution is 2.28. The van der Waals surface area contributed by atoms with E-state index in [1.54, 1.807) is 6.07 Å². The number of imidazole rings is 1. The number of carbonyl (C=O) groups excluding carboxylic acids is 1. The van der Waals surface area contributed by atoms with Gasteiger partial charge in [-0.1, -0.05) is 26.0 Å². The molecule has 1 N–H and O–H groups in total. The van der Waals surface area contributed by atoms with E-state index in [1.807, 2.05) is 52.8 Å². The smallest absolute Gasteiger partial charge is 0.407 e. The van der Waals surface area contributed by atoms with Gasteiger partial charge in [-0.3, -0.25) is 0 Å². The van der Waals surface area contributed by atoms with Crippen molar-refractivity contribution in [2.24, 2.45) is 0 Å². The number of hydrogen-bond acceptors (Lipinski definition) is 5. The summed E-state index contributed by atoms with van der Waals surface area (Å²) in [5.74, 6) is 0.847. The molecule has 0 saturated carbocycles. The van der Waals surface area contributed by atoms with Crippen LogP contribution in [0.25, 0.3) is 21.9 Å². The lowest BCUT2D eigenvalue weighted by Gasteiger charge is -2.23. The predicted octanol–water partition coefficient (Wildman–Crippen LogP) is 3.49. The second-order valence-electron chi connectivity index (χ2n) is 7.97. The SMILES string of the molecule is CC.CC(C)(C)OC(=O)NC[C@H]1COCCc2nc3c[n+]([O-])c4ccccc4c3n21. The molecule has 4 rings (SSSR count). The van der Waals surface area contributed by atoms with E-state index in [0.717, 1.165) is 21.5 Å². The van der Waals surface area contributed by atoms with Crippen molar-refractivity contribution in [2.45, 2.75) is 52.7 Å². The molecular formula is C22H30N4O4. The minimum Gasteiger partial charge on any atom is -0.618 e. The zero-order chi connectivity index (χ0) is 21.9. The molecule has 1 aromatic carbocycles. The Labute approximate surface area is 176 Å². The largest absolute Gasteiger partial charge is 0.618 e. The molecule has 162 valence electrons. The van der Waals surface area contributed by atoms with Crippen LogP contribution in [0.2, 0.25) is 0 Å². The summed E-state index contributed by atoms with van der Waals surface area (Å²) in [6.45, 7) is 10.8. The third-order valence-electron chi connectivity index (χ3n) is 4.67. The quantitative estimate of drug-likeness (QED) is 0.512. The van der Waals surface area contributed by atoms with Crippen molar-refractivity contribution in [1.29, 1.82) is 0 Å². The monoisotopic (exact) mass is 414 g/mol. The van der Waals surface area contributed by atoms with Crippen LogP contribution in [0, 0.1) is 5.21 Å². The van der Waals surface area contributed by atoms with Gasteiger partial charge < -0.3 is 24.6 Å². The molecule has 0 spiro atoms. The normalized spacial score (nSPS) is 16.4. The number of ether oxygens (including phenoxy) is 2. The van der Waals surface area contributed by atoms with Crippen molar-refractivity contribution in [3.63, 3.8) is 0 Å². The van der Waals surface area contributed by atoms with Crippen LogP contribution in [0.5, 0.6) is 0 Å². The molecule has 0 saturated heterocycles. The van der Waals surface area contributed by atoms with Gasteiger partial charge in [-0.05, 0) is 26.8 Å². The Kier molecular flexibility index (Phi) is 6.45. The van der Waals surface area contributed by atoms with Gasteiger partial charge in [0.15, 0.2) is 5.52 Å². The van der Waals surface area contributed by atoms with Gasteiger partial charge in [0.05, 0.1) is 30.2 Å². The number of para-hydroxylation sites is 1. The number of nitrogens with one attached hydrogen (secondary N) is 1. The van der Waals surface area contributed by atoms with Crippen molar-refractivity contribution < 1.29 is 19.0 Å². The van der Waals surface area contributed by atoms with Crippen LogP contribution in [0.3, 0.4) is 0 Å². The number of rotatable bonds is 2. The van der Waals surface area contributed by atoms with E-state index in [-0.39, 0.29) is 6.04 Å². The van der Waals surface area contributed by atoms with Crippen molar-refractivity contribution >= 4 is 28.0 Å². The number of alkyl carbamates (subject to hydrolysis) is 1. The number of fused-ring (bicyclic) bond motifs is 5. The van der Waals surface area contributed by atoms with Gasteiger partial charge >= 0.3 is 6.09 Å². The van der Waals surface area contributed by atoms with Crippen molar-refractivity contribution in [2.75, 3.05) is 19.8 Å². The van der Waals surface area contributed by atoms with Crippen LogP contribution in [-0.2, 0) is 15.9 Å². The molecule has 30 heavy (non-hydrogen) atoms. The van der Waals surface area contributed by atoms with Gasteiger partial charge in [0.25, 0.3) is 0 Å². The highest BCUT2D eigenvalue weighted by molar-refractivity contribution is 6.00. The number of pyridine rings is 1. The highest BCUT2D eigenvalue weighted by Gasteiger charge is 2.27. The Hall–Kier alpha value is -2.87. The fraction of sp³-hybridized carbons (Fsp3) is 0.500. The number of aromatic nitrogens is 3. The zero-order valence-electron chi connectivity index (χ0n) is 18.3. The van der Waals surface area contributed by atoms with Crippen LogP contribution >= 0.6 is 0 Å². The average molecular weight is 415 g/mol. The Morgan fingerprint density at radius 3 is 2.83 bits per heavy atom. The first-order valence-electron chi connectivity index (χ1n) is 10.4. The van der Waals surface area contributed by atoms with Gasteiger partial charge in [0.1, 0.15) is 11.4 Å². The summed E-state index contributed by atoms with van der Waals surface area (Å²) in [7, 11) is 0. The number of benzene rings is 1. The molecule has 0 fully saturated rings. The number of hydrogen-bond donors (Lipinski definition) is 1.